The van der Waals surface area contributed by atoms with Gasteiger partial charge in [-0.2, -0.15) is 0 Å². The van der Waals surface area contributed by atoms with E-state index in [1.54, 1.807) is 36.6 Å². The molecule has 3 rings (SSSR count). The molecular formula is C19H16FN3O4. The van der Waals surface area contributed by atoms with Gasteiger partial charge in [0, 0.05) is 34.8 Å². The number of ketones is 1. The van der Waals surface area contributed by atoms with Crippen LogP contribution in [0.15, 0.2) is 53.5 Å². The second kappa shape index (κ2) is 6.99. The molecule has 2 aromatic heterocycles. The van der Waals surface area contributed by atoms with Crippen LogP contribution in [0.25, 0.3) is 5.69 Å². The summed E-state index contributed by atoms with van der Waals surface area (Å²) in [6.45, 7) is 3.18. The van der Waals surface area contributed by atoms with Gasteiger partial charge < -0.3 is 9.13 Å². The van der Waals surface area contributed by atoms with Gasteiger partial charge in [0.15, 0.2) is 5.78 Å². The van der Waals surface area contributed by atoms with Crippen LogP contribution in [-0.2, 0) is 6.54 Å². The highest BCUT2D eigenvalue weighted by atomic mass is 19.1. The first kappa shape index (κ1) is 18.2. The highest BCUT2D eigenvalue weighted by molar-refractivity contribution is 5.97. The Morgan fingerprint density at radius 1 is 1.19 bits per heavy atom. The van der Waals surface area contributed by atoms with Gasteiger partial charge in [-0.3, -0.25) is 19.7 Å². The molecule has 0 aliphatic heterocycles. The number of carbonyl (C=O) groups is 1. The fourth-order valence-corrected chi connectivity index (χ4v) is 3.05. The van der Waals surface area contributed by atoms with Crippen LogP contribution in [-0.4, -0.2) is 19.8 Å². The van der Waals surface area contributed by atoms with Gasteiger partial charge in [-0.05, 0) is 38.1 Å². The number of nitrogens with zero attached hydrogens (tertiary/aromatic N) is 3. The maximum atomic E-state index is 13.5. The van der Waals surface area contributed by atoms with E-state index in [1.165, 1.54) is 12.1 Å². The normalized spacial score (nSPS) is 10.8. The van der Waals surface area contributed by atoms with Crippen LogP contribution in [0.4, 0.5) is 10.1 Å². The molecule has 0 unspecified atom stereocenters. The lowest BCUT2D eigenvalue weighted by Gasteiger charge is -2.10. The Labute approximate surface area is 153 Å². The number of aromatic nitrogens is 2. The first-order valence-corrected chi connectivity index (χ1v) is 8.11. The zero-order valence-electron chi connectivity index (χ0n) is 14.7. The van der Waals surface area contributed by atoms with Gasteiger partial charge in [0.1, 0.15) is 5.82 Å². The summed E-state index contributed by atoms with van der Waals surface area (Å²) in [5, 5.41) is 10.9. The van der Waals surface area contributed by atoms with Crippen molar-refractivity contribution in [1.29, 1.82) is 0 Å². The second-order valence-electron chi connectivity index (χ2n) is 6.13. The molecule has 27 heavy (non-hydrogen) atoms. The van der Waals surface area contributed by atoms with Crippen molar-refractivity contribution < 1.29 is 14.1 Å². The quantitative estimate of drug-likeness (QED) is 0.393. The Morgan fingerprint density at radius 3 is 2.59 bits per heavy atom. The van der Waals surface area contributed by atoms with E-state index in [4.69, 9.17) is 0 Å². The minimum Gasteiger partial charge on any atom is -0.318 e. The average molecular weight is 369 g/mol. The number of carbonyl (C=O) groups excluding carboxylic acids is 1. The highest BCUT2D eigenvalue weighted by Gasteiger charge is 2.18. The first-order chi connectivity index (χ1) is 12.8. The summed E-state index contributed by atoms with van der Waals surface area (Å²) in [7, 11) is 0. The van der Waals surface area contributed by atoms with Gasteiger partial charge in [0.05, 0.1) is 17.7 Å². The molecule has 0 bridgehead atoms. The molecular weight excluding hydrogens is 353 g/mol. The van der Waals surface area contributed by atoms with Gasteiger partial charge in [-0.25, -0.2) is 4.39 Å². The third-order valence-electron chi connectivity index (χ3n) is 4.29. The minimum absolute atomic E-state index is 0.271. The summed E-state index contributed by atoms with van der Waals surface area (Å²) in [6.07, 6.45) is 1.05. The van der Waals surface area contributed by atoms with E-state index in [9.17, 15) is 24.1 Å². The molecule has 0 aliphatic carbocycles. The van der Waals surface area contributed by atoms with Crippen molar-refractivity contribution in [1.82, 2.24) is 9.13 Å². The maximum absolute atomic E-state index is 13.5. The number of Topliss-reactive ketones (excluding diaryl/α,β-unsaturated/α-hetero) is 1. The van der Waals surface area contributed by atoms with Crippen molar-refractivity contribution in [2.45, 2.75) is 20.4 Å². The van der Waals surface area contributed by atoms with Crippen molar-refractivity contribution in [2.75, 3.05) is 0 Å². The number of nitro groups is 1. The number of benzene rings is 1. The van der Waals surface area contributed by atoms with Crippen LogP contribution in [0.1, 0.15) is 21.7 Å². The fourth-order valence-electron chi connectivity index (χ4n) is 3.05. The number of aryl methyl sites for hydroxylation is 1. The lowest BCUT2D eigenvalue weighted by Crippen LogP contribution is -2.23. The topological polar surface area (TPSA) is 87.1 Å². The number of pyridine rings is 1. The lowest BCUT2D eigenvalue weighted by molar-refractivity contribution is -0.385. The third-order valence-corrected chi connectivity index (χ3v) is 4.29. The molecule has 0 N–H and O–H groups in total. The Morgan fingerprint density at radius 2 is 1.93 bits per heavy atom. The smallest absolute Gasteiger partial charge is 0.285 e. The van der Waals surface area contributed by atoms with Crippen LogP contribution in [0, 0.1) is 29.8 Å². The molecule has 0 atom stereocenters. The molecule has 0 radical (unpaired) electrons. The van der Waals surface area contributed by atoms with Crippen molar-refractivity contribution >= 4 is 11.5 Å². The van der Waals surface area contributed by atoms with E-state index >= 15 is 0 Å². The number of rotatable bonds is 5. The Bertz CT molecular complexity index is 1110. The van der Waals surface area contributed by atoms with E-state index in [-0.39, 0.29) is 18.0 Å². The van der Waals surface area contributed by atoms with Crippen molar-refractivity contribution in [2.24, 2.45) is 0 Å². The molecule has 0 amide bonds. The van der Waals surface area contributed by atoms with Crippen LogP contribution < -0.4 is 5.56 Å². The average Bonchev–Trinajstić information content (AvgIpc) is 2.91. The Hall–Kier alpha value is -3.55. The second-order valence-corrected chi connectivity index (χ2v) is 6.13. The van der Waals surface area contributed by atoms with Gasteiger partial charge in [0.25, 0.3) is 11.2 Å². The third kappa shape index (κ3) is 3.55. The molecule has 7 nitrogen and oxygen atoms in total. The maximum Gasteiger partial charge on any atom is 0.285 e. The van der Waals surface area contributed by atoms with Gasteiger partial charge in [-0.15, -0.1) is 0 Å². The first-order valence-electron chi connectivity index (χ1n) is 8.11. The van der Waals surface area contributed by atoms with E-state index in [0.717, 1.165) is 28.6 Å². The SMILES string of the molecule is Cc1cc(C(=O)Cn2cc([N+](=O)[O-])ccc2=O)c(C)n1-c1cccc(F)c1. The van der Waals surface area contributed by atoms with Gasteiger partial charge in [0.2, 0.25) is 0 Å². The number of hydrogen-bond donors (Lipinski definition) is 0. The zero-order valence-corrected chi connectivity index (χ0v) is 14.7. The summed E-state index contributed by atoms with van der Waals surface area (Å²) in [5.41, 5.74) is 1.50. The summed E-state index contributed by atoms with van der Waals surface area (Å²) in [6, 6.07) is 9.80. The summed E-state index contributed by atoms with van der Waals surface area (Å²) in [5.74, 6) is -0.760. The van der Waals surface area contributed by atoms with Crippen molar-refractivity contribution in [3.05, 3.63) is 91.9 Å². The largest absolute Gasteiger partial charge is 0.318 e. The molecule has 138 valence electrons. The van der Waals surface area contributed by atoms with Crippen LogP contribution in [0.3, 0.4) is 0 Å². The summed E-state index contributed by atoms with van der Waals surface area (Å²) in [4.78, 5) is 34.9. The van der Waals surface area contributed by atoms with Gasteiger partial charge in [-0.1, -0.05) is 6.07 Å². The summed E-state index contributed by atoms with van der Waals surface area (Å²) < 4.78 is 16.3. The molecule has 0 saturated heterocycles. The molecule has 2 heterocycles. The molecule has 0 aliphatic rings. The predicted molar refractivity (Wildman–Crippen MR) is 96.9 cm³/mol. The van der Waals surface area contributed by atoms with E-state index in [1.807, 2.05) is 0 Å². The van der Waals surface area contributed by atoms with Crippen LogP contribution in [0.2, 0.25) is 0 Å². The monoisotopic (exact) mass is 369 g/mol. The fraction of sp³-hybridized carbons (Fsp3) is 0.158. The lowest BCUT2D eigenvalue weighted by atomic mass is 10.1. The van der Waals surface area contributed by atoms with E-state index in [0.29, 0.717) is 16.9 Å². The molecule has 1 aromatic carbocycles. The molecule has 8 heteroatoms. The van der Waals surface area contributed by atoms with Crippen LogP contribution in [0.5, 0.6) is 0 Å². The standard InChI is InChI=1S/C19H16FN3O4/c1-12-8-17(13(2)22(12)15-5-3-4-14(20)9-15)18(24)11-21-10-16(23(26)27)6-7-19(21)25/h3-10H,11H2,1-2H3. The molecule has 0 spiro atoms. The molecule has 3 aromatic rings. The molecule has 0 saturated carbocycles. The predicted octanol–water partition coefficient (Wildman–Crippen LogP) is 3.19. The summed E-state index contributed by atoms with van der Waals surface area (Å²) >= 11 is 0. The Balaban J connectivity index is 1.98. The number of hydrogen-bond acceptors (Lipinski definition) is 4. The van der Waals surface area contributed by atoms with Gasteiger partial charge >= 0.3 is 0 Å². The van der Waals surface area contributed by atoms with E-state index in [2.05, 4.69) is 0 Å². The van der Waals surface area contributed by atoms with Crippen molar-refractivity contribution in [3.8, 4) is 5.69 Å². The molecule has 0 fully saturated rings. The minimum atomic E-state index is -0.629. The Kier molecular flexibility index (Phi) is 4.72. The van der Waals surface area contributed by atoms with Crippen LogP contribution >= 0.6 is 0 Å². The highest BCUT2D eigenvalue weighted by Crippen LogP contribution is 2.22. The van der Waals surface area contributed by atoms with E-state index < -0.39 is 16.3 Å². The van der Waals surface area contributed by atoms with Crippen molar-refractivity contribution in [3.63, 3.8) is 0 Å². The number of halogens is 1. The zero-order chi connectivity index (χ0) is 19.7.